The van der Waals surface area contributed by atoms with Gasteiger partial charge < -0.3 is 9.26 Å². The van der Waals surface area contributed by atoms with Crippen LogP contribution < -0.4 is 4.74 Å². The molecule has 0 spiro atoms. The molecule has 0 N–H and O–H groups in total. The number of nitrogens with zero attached hydrogens (tertiary/aromatic N) is 2. The summed E-state index contributed by atoms with van der Waals surface area (Å²) < 4.78 is 9.92. The molecule has 0 amide bonds. The number of rotatable bonds is 1. The predicted octanol–water partition coefficient (Wildman–Crippen LogP) is 1.71. The van der Waals surface area contributed by atoms with Crippen LogP contribution >= 0.6 is 0 Å². The average Bonchev–Trinajstić information content (AvgIpc) is 2.59. The van der Waals surface area contributed by atoms with Crippen molar-refractivity contribution in [2.45, 2.75) is 0 Å². The third-order valence-electron chi connectivity index (χ3n) is 1.78. The fraction of sp³-hybridized carbons (Fsp3) is 0.111. The fourth-order valence-corrected chi connectivity index (χ4v) is 1.13. The molecular weight excluding hydrogens is 168 g/mol. The first-order chi connectivity index (χ1) is 6.35. The lowest BCUT2D eigenvalue weighted by Crippen LogP contribution is -1.81. The van der Waals surface area contributed by atoms with Gasteiger partial charge in [-0.05, 0) is 18.2 Å². The lowest BCUT2D eigenvalue weighted by Gasteiger charge is -1.96. The zero-order valence-electron chi connectivity index (χ0n) is 6.94. The molecule has 0 radical (unpaired) electrons. The van der Waals surface area contributed by atoms with Gasteiger partial charge >= 0.3 is 0 Å². The molecule has 13 heavy (non-hydrogen) atoms. The Bertz CT molecular complexity index is 482. The first kappa shape index (κ1) is 7.62. The Hall–Kier alpha value is -2.02. The molecule has 4 nitrogen and oxygen atoms in total. The number of fused-ring (bicyclic) bond motifs is 1. The number of methoxy groups -OCH3 is 1. The van der Waals surface area contributed by atoms with Crippen molar-refractivity contribution in [3.8, 4) is 11.8 Å². The van der Waals surface area contributed by atoms with Gasteiger partial charge in [0.2, 0.25) is 0 Å². The maximum Gasteiger partial charge on any atom is 0.191 e. The van der Waals surface area contributed by atoms with E-state index in [1.165, 1.54) is 0 Å². The third kappa shape index (κ3) is 1.11. The highest BCUT2D eigenvalue weighted by molar-refractivity contribution is 5.83. The van der Waals surface area contributed by atoms with Crippen LogP contribution in [0.5, 0.6) is 5.75 Å². The summed E-state index contributed by atoms with van der Waals surface area (Å²) in [5, 5.41) is 13.0. The van der Waals surface area contributed by atoms with E-state index in [-0.39, 0.29) is 5.69 Å². The molecule has 64 valence electrons. The van der Waals surface area contributed by atoms with E-state index in [0.29, 0.717) is 16.7 Å². The Morgan fingerprint density at radius 2 is 2.38 bits per heavy atom. The highest BCUT2D eigenvalue weighted by Crippen LogP contribution is 2.22. The van der Waals surface area contributed by atoms with E-state index in [4.69, 9.17) is 14.5 Å². The molecular formula is C9H6N2O2. The summed E-state index contributed by atoms with van der Waals surface area (Å²) in [5.41, 5.74) is 0.881. The largest absolute Gasteiger partial charge is 0.497 e. The standard InChI is InChI=1S/C9H6N2O2/c1-12-6-2-3-9-7(4-6)8(5-10)11-13-9/h2-4H,1H3. The van der Waals surface area contributed by atoms with Gasteiger partial charge in [-0.1, -0.05) is 5.16 Å². The SMILES string of the molecule is COc1ccc2onc(C#N)c2c1. The molecule has 0 saturated carbocycles. The van der Waals surface area contributed by atoms with Crippen molar-refractivity contribution in [2.24, 2.45) is 0 Å². The van der Waals surface area contributed by atoms with Crippen LogP contribution in [-0.4, -0.2) is 12.3 Å². The van der Waals surface area contributed by atoms with E-state index in [1.807, 2.05) is 6.07 Å². The normalized spacial score (nSPS) is 9.85. The molecule has 0 aliphatic heterocycles. The summed E-state index contributed by atoms with van der Waals surface area (Å²) >= 11 is 0. The predicted molar refractivity (Wildman–Crippen MR) is 45.3 cm³/mol. The number of benzene rings is 1. The highest BCUT2D eigenvalue weighted by Gasteiger charge is 2.07. The molecule has 0 atom stereocenters. The summed E-state index contributed by atoms with van der Waals surface area (Å²) in [7, 11) is 1.57. The summed E-state index contributed by atoms with van der Waals surface area (Å²) in [5.74, 6) is 0.687. The average molecular weight is 174 g/mol. The Balaban J connectivity index is 2.73. The van der Waals surface area contributed by atoms with Crippen LogP contribution in [0.15, 0.2) is 22.7 Å². The molecule has 1 heterocycles. The highest BCUT2D eigenvalue weighted by atomic mass is 16.5. The van der Waals surface area contributed by atoms with Crippen molar-refractivity contribution in [2.75, 3.05) is 7.11 Å². The van der Waals surface area contributed by atoms with Gasteiger partial charge in [-0.25, -0.2) is 0 Å². The molecule has 0 saturated heterocycles. The van der Waals surface area contributed by atoms with Crippen molar-refractivity contribution in [1.82, 2.24) is 5.16 Å². The molecule has 4 heteroatoms. The molecule has 0 fully saturated rings. The molecule has 0 aliphatic rings. The van der Waals surface area contributed by atoms with Crippen molar-refractivity contribution in [3.63, 3.8) is 0 Å². The maximum atomic E-state index is 8.67. The van der Waals surface area contributed by atoms with Gasteiger partial charge in [0.25, 0.3) is 0 Å². The summed E-state index contributed by atoms with van der Waals surface area (Å²) in [6, 6.07) is 7.15. The number of nitriles is 1. The van der Waals surface area contributed by atoms with E-state index in [1.54, 1.807) is 25.3 Å². The van der Waals surface area contributed by atoms with E-state index in [0.717, 1.165) is 0 Å². The minimum absolute atomic E-state index is 0.286. The van der Waals surface area contributed by atoms with E-state index in [2.05, 4.69) is 5.16 Å². The van der Waals surface area contributed by atoms with Gasteiger partial charge in [-0.3, -0.25) is 0 Å². The first-order valence-corrected chi connectivity index (χ1v) is 3.68. The second-order valence-corrected chi connectivity index (χ2v) is 2.51. The minimum Gasteiger partial charge on any atom is -0.497 e. The van der Waals surface area contributed by atoms with Gasteiger partial charge in [0.1, 0.15) is 11.8 Å². The Morgan fingerprint density at radius 1 is 1.54 bits per heavy atom. The van der Waals surface area contributed by atoms with Crippen LogP contribution in [0, 0.1) is 11.3 Å². The number of ether oxygens (including phenoxy) is 1. The van der Waals surface area contributed by atoms with E-state index in [9.17, 15) is 0 Å². The van der Waals surface area contributed by atoms with Gasteiger partial charge in [0.15, 0.2) is 11.3 Å². The topological polar surface area (TPSA) is 59.1 Å². The minimum atomic E-state index is 0.286. The summed E-state index contributed by atoms with van der Waals surface area (Å²) in [4.78, 5) is 0. The molecule has 2 aromatic rings. The third-order valence-corrected chi connectivity index (χ3v) is 1.78. The van der Waals surface area contributed by atoms with Gasteiger partial charge in [-0.2, -0.15) is 5.26 Å². The Kier molecular flexibility index (Phi) is 1.64. The van der Waals surface area contributed by atoms with Crippen LogP contribution in [-0.2, 0) is 0 Å². The number of aromatic nitrogens is 1. The smallest absolute Gasteiger partial charge is 0.191 e. The maximum absolute atomic E-state index is 8.67. The number of hydrogen-bond acceptors (Lipinski definition) is 4. The molecule has 0 bridgehead atoms. The van der Waals surface area contributed by atoms with Crippen LogP contribution in [0.4, 0.5) is 0 Å². The van der Waals surface area contributed by atoms with Gasteiger partial charge in [0.05, 0.1) is 12.5 Å². The first-order valence-electron chi connectivity index (χ1n) is 3.68. The molecule has 0 aliphatic carbocycles. The van der Waals surface area contributed by atoms with Crippen molar-refractivity contribution >= 4 is 11.0 Å². The zero-order valence-corrected chi connectivity index (χ0v) is 6.94. The number of hydrogen-bond donors (Lipinski definition) is 0. The van der Waals surface area contributed by atoms with Crippen molar-refractivity contribution in [3.05, 3.63) is 23.9 Å². The Morgan fingerprint density at radius 3 is 3.08 bits per heavy atom. The molecule has 1 aromatic heterocycles. The molecule has 1 aromatic carbocycles. The van der Waals surface area contributed by atoms with Gasteiger partial charge in [0, 0.05) is 0 Å². The van der Waals surface area contributed by atoms with Crippen LogP contribution in [0.3, 0.4) is 0 Å². The van der Waals surface area contributed by atoms with E-state index >= 15 is 0 Å². The Labute approximate surface area is 74.3 Å². The second kappa shape index (κ2) is 2.79. The van der Waals surface area contributed by atoms with Crippen LogP contribution in [0.1, 0.15) is 5.69 Å². The van der Waals surface area contributed by atoms with Crippen LogP contribution in [0.2, 0.25) is 0 Å². The lowest BCUT2D eigenvalue weighted by atomic mass is 10.2. The van der Waals surface area contributed by atoms with Crippen LogP contribution in [0.25, 0.3) is 11.0 Å². The zero-order chi connectivity index (χ0) is 9.26. The summed E-state index contributed by atoms with van der Waals surface area (Å²) in [6.45, 7) is 0. The van der Waals surface area contributed by atoms with E-state index < -0.39 is 0 Å². The monoisotopic (exact) mass is 174 g/mol. The summed E-state index contributed by atoms with van der Waals surface area (Å²) in [6.07, 6.45) is 0. The van der Waals surface area contributed by atoms with Crippen molar-refractivity contribution < 1.29 is 9.26 Å². The second-order valence-electron chi connectivity index (χ2n) is 2.51. The van der Waals surface area contributed by atoms with Crippen molar-refractivity contribution in [1.29, 1.82) is 5.26 Å². The lowest BCUT2D eigenvalue weighted by molar-refractivity contribution is 0.415. The molecule has 0 unspecified atom stereocenters. The van der Waals surface area contributed by atoms with Gasteiger partial charge in [-0.15, -0.1) is 0 Å². The quantitative estimate of drug-likeness (QED) is 0.660. The molecule has 2 rings (SSSR count). The fourth-order valence-electron chi connectivity index (χ4n) is 1.13.